The second-order valence-electron chi connectivity index (χ2n) is 6.22. The van der Waals surface area contributed by atoms with Crippen molar-refractivity contribution in [2.45, 2.75) is 45.4 Å². The summed E-state index contributed by atoms with van der Waals surface area (Å²) >= 11 is 0. The van der Waals surface area contributed by atoms with Crippen LogP contribution in [0.3, 0.4) is 0 Å². The quantitative estimate of drug-likeness (QED) is 0.844. The number of ether oxygens (including phenoxy) is 2. The van der Waals surface area contributed by atoms with Crippen LogP contribution in [0.4, 0.5) is 5.69 Å². The minimum Gasteiger partial charge on any atom is -0.490 e. The normalized spacial score (nSPS) is 28.3. The van der Waals surface area contributed by atoms with Crippen LogP contribution in [-0.2, 0) is 9.47 Å². The molecule has 4 heteroatoms. The standard InChI is InChI=1S/C18H24N2O2/c1-13-9-10-16(11-13)22-17-14(2)12-19-20(18(17)21-3)15-7-5-4-6-8-15/h4-8,12-13,16,18H,9-11H2,1-3H3. The van der Waals surface area contributed by atoms with Crippen LogP contribution in [-0.4, -0.2) is 25.7 Å². The summed E-state index contributed by atoms with van der Waals surface area (Å²) in [4.78, 5) is 0. The first-order valence-electron chi connectivity index (χ1n) is 7.97. The van der Waals surface area contributed by atoms with Gasteiger partial charge in [-0.25, -0.2) is 5.01 Å². The van der Waals surface area contributed by atoms with Crippen LogP contribution in [0.5, 0.6) is 0 Å². The van der Waals surface area contributed by atoms with E-state index in [-0.39, 0.29) is 6.23 Å². The maximum absolute atomic E-state index is 6.31. The number of allylic oxidation sites excluding steroid dienone is 1. The number of hydrazone groups is 1. The van der Waals surface area contributed by atoms with E-state index in [1.807, 2.05) is 48.5 Å². The molecule has 3 rings (SSSR count). The van der Waals surface area contributed by atoms with Crippen LogP contribution in [0, 0.1) is 5.92 Å². The van der Waals surface area contributed by atoms with Crippen LogP contribution < -0.4 is 5.01 Å². The van der Waals surface area contributed by atoms with Crippen molar-refractivity contribution >= 4 is 11.9 Å². The van der Waals surface area contributed by atoms with Crippen LogP contribution in [0.2, 0.25) is 0 Å². The van der Waals surface area contributed by atoms with E-state index in [2.05, 4.69) is 12.0 Å². The molecule has 1 aliphatic carbocycles. The van der Waals surface area contributed by atoms with E-state index in [0.29, 0.717) is 6.10 Å². The summed E-state index contributed by atoms with van der Waals surface area (Å²) in [6.45, 7) is 4.32. The summed E-state index contributed by atoms with van der Waals surface area (Å²) in [5.74, 6) is 1.63. The van der Waals surface area contributed by atoms with Gasteiger partial charge in [0.25, 0.3) is 0 Å². The number of para-hydroxylation sites is 1. The van der Waals surface area contributed by atoms with Crippen molar-refractivity contribution in [2.75, 3.05) is 12.1 Å². The van der Waals surface area contributed by atoms with Gasteiger partial charge in [-0.15, -0.1) is 0 Å². The lowest BCUT2D eigenvalue weighted by Crippen LogP contribution is -2.39. The molecule has 2 aliphatic rings. The molecule has 1 fully saturated rings. The number of rotatable bonds is 4. The molecule has 4 nitrogen and oxygen atoms in total. The maximum Gasteiger partial charge on any atom is 0.208 e. The fraction of sp³-hybridized carbons (Fsp3) is 0.500. The van der Waals surface area contributed by atoms with Crippen LogP contribution in [0.15, 0.2) is 46.8 Å². The summed E-state index contributed by atoms with van der Waals surface area (Å²) < 4.78 is 12.0. The Labute approximate surface area is 132 Å². The number of methoxy groups -OCH3 is 1. The summed E-state index contributed by atoms with van der Waals surface area (Å²) in [6.07, 6.45) is 5.33. The number of hydrogen-bond donors (Lipinski definition) is 0. The van der Waals surface area contributed by atoms with Crippen molar-refractivity contribution in [3.8, 4) is 0 Å². The molecule has 1 aliphatic heterocycles. The molecule has 0 spiro atoms. The number of hydrogen-bond acceptors (Lipinski definition) is 4. The predicted octanol–water partition coefficient (Wildman–Crippen LogP) is 3.94. The number of anilines is 1. The van der Waals surface area contributed by atoms with Crippen molar-refractivity contribution in [2.24, 2.45) is 11.0 Å². The van der Waals surface area contributed by atoms with Crippen LogP contribution in [0.1, 0.15) is 33.1 Å². The molecule has 3 atom stereocenters. The van der Waals surface area contributed by atoms with Gasteiger partial charge in [0.05, 0.1) is 18.0 Å². The summed E-state index contributed by atoms with van der Waals surface area (Å²) in [5.41, 5.74) is 2.04. The first kappa shape index (κ1) is 15.1. The third-order valence-electron chi connectivity index (χ3n) is 4.40. The van der Waals surface area contributed by atoms with Gasteiger partial charge in [-0.3, -0.25) is 0 Å². The average Bonchev–Trinajstić information content (AvgIpc) is 2.95. The van der Waals surface area contributed by atoms with Crippen molar-refractivity contribution in [1.29, 1.82) is 0 Å². The van der Waals surface area contributed by atoms with E-state index in [0.717, 1.165) is 35.8 Å². The summed E-state index contributed by atoms with van der Waals surface area (Å²) in [5, 5.41) is 6.39. The van der Waals surface area contributed by atoms with Gasteiger partial charge in [0.1, 0.15) is 0 Å². The number of benzene rings is 1. The van der Waals surface area contributed by atoms with Gasteiger partial charge >= 0.3 is 0 Å². The summed E-state index contributed by atoms with van der Waals surface area (Å²) in [7, 11) is 1.70. The van der Waals surface area contributed by atoms with Gasteiger partial charge in [0.15, 0.2) is 5.76 Å². The highest BCUT2D eigenvalue weighted by Crippen LogP contribution is 2.33. The zero-order valence-corrected chi connectivity index (χ0v) is 13.5. The second-order valence-corrected chi connectivity index (χ2v) is 6.22. The minimum absolute atomic E-state index is 0.293. The Morgan fingerprint density at radius 1 is 1.18 bits per heavy atom. The zero-order valence-electron chi connectivity index (χ0n) is 13.5. The first-order chi connectivity index (χ1) is 10.7. The van der Waals surface area contributed by atoms with Crippen LogP contribution in [0.25, 0.3) is 0 Å². The third kappa shape index (κ3) is 3.02. The molecule has 0 amide bonds. The molecule has 1 saturated carbocycles. The third-order valence-corrected chi connectivity index (χ3v) is 4.40. The zero-order chi connectivity index (χ0) is 15.5. The Hall–Kier alpha value is -1.81. The van der Waals surface area contributed by atoms with Gasteiger partial charge in [0.2, 0.25) is 6.23 Å². The molecule has 118 valence electrons. The molecule has 3 unspecified atom stereocenters. The van der Waals surface area contributed by atoms with E-state index >= 15 is 0 Å². The highest BCUT2D eigenvalue weighted by atomic mass is 16.5. The fourth-order valence-electron chi connectivity index (χ4n) is 3.16. The van der Waals surface area contributed by atoms with Crippen molar-refractivity contribution in [3.63, 3.8) is 0 Å². The monoisotopic (exact) mass is 300 g/mol. The summed E-state index contributed by atoms with van der Waals surface area (Å²) in [6, 6.07) is 10.1. The smallest absolute Gasteiger partial charge is 0.208 e. The predicted molar refractivity (Wildman–Crippen MR) is 88.8 cm³/mol. The lowest BCUT2D eigenvalue weighted by atomic mass is 10.1. The molecule has 0 bridgehead atoms. The Morgan fingerprint density at radius 3 is 2.59 bits per heavy atom. The largest absolute Gasteiger partial charge is 0.490 e. The van der Waals surface area contributed by atoms with E-state index in [1.165, 1.54) is 6.42 Å². The van der Waals surface area contributed by atoms with Crippen molar-refractivity contribution < 1.29 is 9.47 Å². The van der Waals surface area contributed by atoms with E-state index in [9.17, 15) is 0 Å². The van der Waals surface area contributed by atoms with E-state index in [4.69, 9.17) is 9.47 Å². The Balaban J connectivity index is 1.82. The topological polar surface area (TPSA) is 34.1 Å². The fourth-order valence-corrected chi connectivity index (χ4v) is 3.16. The Kier molecular flexibility index (Phi) is 4.48. The van der Waals surface area contributed by atoms with E-state index in [1.54, 1.807) is 7.11 Å². The van der Waals surface area contributed by atoms with Gasteiger partial charge in [-0.2, -0.15) is 5.10 Å². The highest BCUT2D eigenvalue weighted by molar-refractivity contribution is 5.81. The van der Waals surface area contributed by atoms with E-state index < -0.39 is 0 Å². The molecule has 0 N–H and O–H groups in total. The second kappa shape index (κ2) is 6.53. The molecule has 1 aromatic carbocycles. The molecular formula is C18H24N2O2. The molecule has 0 radical (unpaired) electrons. The average molecular weight is 300 g/mol. The first-order valence-corrected chi connectivity index (χ1v) is 7.97. The van der Waals surface area contributed by atoms with Crippen molar-refractivity contribution in [1.82, 2.24) is 0 Å². The minimum atomic E-state index is -0.302. The molecule has 1 heterocycles. The Bertz CT molecular complexity index is 568. The highest BCUT2D eigenvalue weighted by Gasteiger charge is 2.32. The van der Waals surface area contributed by atoms with Gasteiger partial charge in [-0.1, -0.05) is 25.1 Å². The van der Waals surface area contributed by atoms with Crippen molar-refractivity contribution in [3.05, 3.63) is 41.7 Å². The molecule has 1 aromatic rings. The van der Waals surface area contributed by atoms with Crippen LogP contribution >= 0.6 is 0 Å². The van der Waals surface area contributed by atoms with Gasteiger partial charge in [-0.05, 0) is 44.2 Å². The molecule has 0 aromatic heterocycles. The van der Waals surface area contributed by atoms with Gasteiger partial charge < -0.3 is 9.47 Å². The molecule has 0 saturated heterocycles. The Morgan fingerprint density at radius 2 is 1.95 bits per heavy atom. The molecule has 22 heavy (non-hydrogen) atoms. The lowest BCUT2D eigenvalue weighted by molar-refractivity contribution is 0.0269. The maximum atomic E-state index is 6.31. The number of nitrogens with zero attached hydrogens (tertiary/aromatic N) is 2. The molecular weight excluding hydrogens is 276 g/mol. The SMILES string of the molecule is COC1C(OC2CCC(C)C2)=C(C)C=NN1c1ccccc1. The lowest BCUT2D eigenvalue weighted by Gasteiger charge is -2.34. The van der Waals surface area contributed by atoms with Gasteiger partial charge in [0, 0.05) is 12.7 Å².